The number of hydrogen-bond donors (Lipinski definition) is 3. The third kappa shape index (κ3) is 3.24. The third-order valence-electron chi connectivity index (χ3n) is 2.37. The number of carbonyl (C=O) groups is 2. The normalized spacial score (nSPS) is 24.8. The SMILES string of the molecule is O=C(O)[C@@H]1CSC(CCS)N1C(=O)CCS. The lowest BCUT2D eigenvalue weighted by molar-refractivity contribution is -0.148. The van der Waals surface area contributed by atoms with Crippen molar-refractivity contribution in [1.29, 1.82) is 0 Å². The van der Waals surface area contributed by atoms with Crippen molar-refractivity contribution in [3.63, 3.8) is 0 Å². The van der Waals surface area contributed by atoms with Gasteiger partial charge in [0.25, 0.3) is 0 Å². The van der Waals surface area contributed by atoms with Crippen molar-refractivity contribution >= 4 is 48.9 Å². The summed E-state index contributed by atoms with van der Waals surface area (Å²) in [5.74, 6) is 0.501. The molecule has 16 heavy (non-hydrogen) atoms. The molecule has 0 aromatic rings. The number of carboxylic acids is 1. The van der Waals surface area contributed by atoms with Gasteiger partial charge in [-0.05, 0) is 17.9 Å². The first kappa shape index (κ1) is 14.1. The summed E-state index contributed by atoms with van der Waals surface area (Å²) >= 11 is 9.64. The second-order valence-corrected chi connectivity index (χ2v) is 5.53. The summed E-state index contributed by atoms with van der Waals surface area (Å²) in [6.45, 7) is 0. The van der Waals surface area contributed by atoms with Crippen LogP contribution in [-0.2, 0) is 9.59 Å². The van der Waals surface area contributed by atoms with Gasteiger partial charge in [-0.25, -0.2) is 4.79 Å². The van der Waals surface area contributed by atoms with Crippen LogP contribution >= 0.6 is 37.0 Å². The summed E-state index contributed by atoms with van der Waals surface area (Å²) in [6, 6.07) is -0.692. The Kier molecular flexibility index (Phi) is 5.85. The van der Waals surface area contributed by atoms with Gasteiger partial charge in [0.1, 0.15) is 6.04 Å². The first-order chi connectivity index (χ1) is 7.61. The standard InChI is InChI=1S/C9H15NO3S3/c11-7(1-3-14)10-6(9(12)13)5-16-8(10)2-4-15/h6,8,14-15H,1-5H2,(H,12,13)/t6-,8?/m0/s1. The van der Waals surface area contributed by atoms with Crippen LogP contribution in [0.15, 0.2) is 0 Å². The van der Waals surface area contributed by atoms with E-state index in [-0.39, 0.29) is 17.7 Å². The minimum Gasteiger partial charge on any atom is -0.480 e. The van der Waals surface area contributed by atoms with E-state index in [1.165, 1.54) is 16.7 Å². The highest BCUT2D eigenvalue weighted by atomic mass is 32.2. The fraction of sp³-hybridized carbons (Fsp3) is 0.778. The van der Waals surface area contributed by atoms with Gasteiger partial charge in [0.05, 0.1) is 5.37 Å². The molecular weight excluding hydrogens is 266 g/mol. The molecule has 0 aromatic heterocycles. The van der Waals surface area contributed by atoms with Crippen molar-refractivity contribution in [2.45, 2.75) is 24.3 Å². The van der Waals surface area contributed by atoms with Crippen molar-refractivity contribution in [1.82, 2.24) is 4.90 Å². The molecule has 4 nitrogen and oxygen atoms in total. The molecule has 1 fully saturated rings. The van der Waals surface area contributed by atoms with E-state index in [1.807, 2.05) is 0 Å². The van der Waals surface area contributed by atoms with Crippen LogP contribution in [0.4, 0.5) is 0 Å². The largest absolute Gasteiger partial charge is 0.480 e. The third-order valence-corrected chi connectivity index (χ3v) is 4.20. The molecule has 7 heteroatoms. The first-order valence-electron chi connectivity index (χ1n) is 4.99. The maximum absolute atomic E-state index is 11.8. The molecule has 1 rings (SSSR count). The lowest BCUT2D eigenvalue weighted by Gasteiger charge is -2.26. The van der Waals surface area contributed by atoms with Crippen molar-refractivity contribution in [2.24, 2.45) is 0 Å². The van der Waals surface area contributed by atoms with E-state index < -0.39 is 12.0 Å². The van der Waals surface area contributed by atoms with Gasteiger partial charge in [0.15, 0.2) is 0 Å². The van der Waals surface area contributed by atoms with E-state index in [1.54, 1.807) is 0 Å². The van der Waals surface area contributed by atoms with Crippen LogP contribution < -0.4 is 0 Å². The van der Waals surface area contributed by atoms with Gasteiger partial charge in [-0.1, -0.05) is 0 Å². The average molecular weight is 281 g/mol. The highest BCUT2D eigenvalue weighted by molar-refractivity contribution is 8.00. The maximum Gasteiger partial charge on any atom is 0.327 e. The highest BCUT2D eigenvalue weighted by Crippen LogP contribution is 2.32. The summed E-state index contributed by atoms with van der Waals surface area (Å²) in [7, 11) is 0. The van der Waals surface area contributed by atoms with E-state index in [2.05, 4.69) is 25.3 Å². The second-order valence-electron chi connectivity index (χ2n) is 3.43. The number of rotatable bonds is 5. The van der Waals surface area contributed by atoms with Crippen LogP contribution in [0.5, 0.6) is 0 Å². The van der Waals surface area contributed by atoms with Crippen LogP contribution in [0.1, 0.15) is 12.8 Å². The maximum atomic E-state index is 11.8. The molecule has 1 N–H and O–H groups in total. The molecule has 0 aromatic carbocycles. The van der Waals surface area contributed by atoms with Gasteiger partial charge >= 0.3 is 5.97 Å². The van der Waals surface area contributed by atoms with E-state index in [0.29, 0.717) is 17.3 Å². The Bertz CT molecular complexity index is 275. The van der Waals surface area contributed by atoms with Crippen molar-refractivity contribution < 1.29 is 14.7 Å². The Morgan fingerprint density at radius 2 is 2.06 bits per heavy atom. The van der Waals surface area contributed by atoms with Gasteiger partial charge in [0.2, 0.25) is 5.91 Å². The monoisotopic (exact) mass is 281 g/mol. The number of nitrogens with zero attached hydrogens (tertiary/aromatic N) is 1. The molecule has 1 aliphatic rings. The number of carboxylic acid groups (broad SMARTS) is 1. The zero-order valence-corrected chi connectivity index (χ0v) is 11.3. The fourth-order valence-electron chi connectivity index (χ4n) is 1.65. The smallest absolute Gasteiger partial charge is 0.327 e. The lowest BCUT2D eigenvalue weighted by atomic mass is 10.2. The second kappa shape index (κ2) is 6.66. The van der Waals surface area contributed by atoms with E-state index in [0.717, 1.165) is 6.42 Å². The average Bonchev–Trinajstić information content (AvgIpc) is 2.62. The Morgan fingerprint density at radius 3 is 2.56 bits per heavy atom. The summed E-state index contributed by atoms with van der Waals surface area (Å²) < 4.78 is 0. The molecule has 0 radical (unpaired) electrons. The van der Waals surface area contributed by atoms with Crippen molar-refractivity contribution in [2.75, 3.05) is 17.3 Å². The topological polar surface area (TPSA) is 57.6 Å². The molecule has 1 unspecified atom stereocenters. The van der Waals surface area contributed by atoms with Gasteiger partial charge in [-0.3, -0.25) is 4.79 Å². The number of thiol groups is 2. The number of thioether (sulfide) groups is 1. The Morgan fingerprint density at radius 1 is 1.38 bits per heavy atom. The van der Waals surface area contributed by atoms with Gasteiger partial charge in [-0.15, -0.1) is 11.8 Å². The molecule has 1 aliphatic heterocycles. The fourth-order valence-corrected chi connectivity index (χ4v) is 3.67. The minimum absolute atomic E-state index is 0.0500. The number of hydrogen-bond acceptors (Lipinski definition) is 5. The molecule has 1 saturated heterocycles. The van der Waals surface area contributed by atoms with Crippen molar-refractivity contribution in [3.05, 3.63) is 0 Å². The van der Waals surface area contributed by atoms with Gasteiger partial charge in [-0.2, -0.15) is 25.3 Å². The van der Waals surface area contributed by atoms with Crippen LogP contribution in [0.2, 0.25) is 0 Å². The number of amides is 1. The Balaban J connectivity index is 2.75. The summed E-state index contributed by atoms with van der Waals surface area (Å²) in [6.07, 6.45) is 1.01. The molecule has 0 saturated carbocycles. The van der Waals surface area contributed by atoms with Gasteiger partial charge < -0.3 is 10.0 Å². The lowest BCUT2D eigenvalue weighted by Crippen LogP contribution is -2.45. The van der Waals surface area contributed by atoms with E-state index >= 15 is 0 Å². The van der Waals surface area contributed by atoms with E-state index in [9.17, 15) is 9.59 Å². The van der Waals surface area contributed by atoms with Crippen LogP contribution in [0, 0.1) is 0 Å². The Hall–Kier alpha value is -0.0100. The predicted octanol–water partition coefficient (Wildman–Crippen LogP) is 0.981. The molecular formula is C9H15NO3S3. The summed E-state index contributed by atoms with van der Waals surface area (Å²) in [4.78, 5) is 24.3. The van der Waals surface area contributed by atoms with Crippen LogP contribution in [0.3, 0.4) is 0 Å². The summed E-state index contributed by atoms with van der Waals surface area (Å²) in [5.41, 5.74) is 0. The molecule has 0 aliphatic carbocycles. The first-order valence-corrected chi connectivity index (χ1v) is 7.30. The van der Waals surface area contributed by atoms with E-state index in [4.69, 9.17) is 5.11 Å². The van der Waals surface area contributed by atoms with Crippen molar-refractivity contribution in [3.8, 4) is 0 Å². The number of aliphatic carboxylic acids is 1. The summed E-state index contributed by atoms with van der Waals surface area (Å²) in [5, 5.41) is 8.99. The number of carbonyl (C=O) groups excluding carboxylic acids is 1. The van der Waals surface area contributed by atoms with Crippen LogP contribution in [0.25, 0.3) is 0 Å². The molecule has 0 spiro atoms. The quantitative estimate of drug-likeness (QED) is 0.658. The molecule has 1 heterocycles. The Labute approximate surface area is 110 Å². The molecule has 1 amide bonds. The minimum atomic E-state index is -0.929. The predicted molar refractivity (Wildman–Crippen MR) is 71.5 cm³/mol. The molecule has 0 bridgehead atoms. The molecule has 92 valence electrons. The zero-order chi connectivity index (χ0) is 12.1. The van der Waals surface area contributed by atoms with Gasteiger partial charge in [0, 0.05) is 12.2 Å². The zero-order valence-electron chi connectivity index (χ0n) is 8.70. The highest BCUT2D eigenvalue weighted by Gasteiger charge is 2.40. The van der Waals surface area contributed by atoms with Crippen LogP contribution in [-0.4, -0.2) is 50.6 Å². The molecule has 2 atom stereocenters.